The van der Waals surface area contributed by atoms with Crippen molar-refractivity contribution in [1.82, 2.24) is 0 Å². The van der Waals surface area contributed by atoms with Gasteiger partial charge < -0.3 is 10.5 Å². The molecule has 1 aliphatic heterocycles. The first-order chi connectivity index (χ1) is 9.13. The highest BCUT2D eigenvalue weighted by Crippen LogP contribution is 2.31. The Bertz CT molecular complexity index is 454. The lowest BCUT2D eigenvalue weighted by Crippen LogP contribution is -2.26. The average Bonchev–Trinajstić information content (AvgIpc) is 2.43. The van der Waals surface area contributed by atoms with E-state index in [1.165, 1.54) is 0 Å². The smallest absolute Gasteiger partial charge is 0.170 e. The van der Waals surface area contributed by atoms with Gasteiger partial charge in [0, 0.05) is 12.5 Å². The molecular formula is C16H23NO2. The molecule has 0 saturated carbocycles. The summed E-state index contributed by atoms with van der Waals surface area (Å²) in [6, 6.07) is 5.87. The van der Waals surface area contributed by atoms with Gasteiger partial charge in [-0.1, -0.05) is 26.0 Å². The molecule has 1 heterocycles. The minimum atomic E-state index is -0.1000. The number of para-hydroxylation sites is 1. The number of hydrogen-bond acceptors (Lipinski definition) is 3. The van der Waals surface area contributed by atoms with E-state index in [4.69, 9.17) is 10.5 Å². The number of carbonyl (C=O) groups is 1. The van der Waals surface area contributed by atoms with Gasteiger partial charge in [0.2, 0.25) is 0 Å². The van der Waals surface area contributed by atoms with Crippen LogP contribution in [0.1, 0.15) is 42.6 Å². The van der Waals surface area contributed by atoms with Gasteiger partial charge >= 0.3 is 0 Å². The van der Waals surface area contributed by atoms with Crippen LogP contribution in [-0.2, 0) is 6.42 Å². The molecule has 0 aromatic heterocycles. The van der Waals surface area contributed by atoms with Crippen molar-refractivity contribution in [2.75, 3.05) is 13.2 Å². The molecule has 2 rings (SSSR count). The van der Waals surface area contributed by atoms with Crippen LogP contribution in [0.25, 0.3) is 0 Å². The summed E-state index contributed by atoms with van der Waals surface area (Å²) < 4.78 is 5.71. The molecule has 0 amide bonds. The summed E-state index contributed by atoms with van der Waals surface area (Å²) in [5.74, 6) is 1.30. The average molecular weight is 261 g/mol. The van der Waals surface area contributed by atoms with E-state index in [0.29, 0.717) is 24.6 Å². The van der Waals surface area contributed by atoms with Gasteiger partial charge in [0.1, 0.15) is 5.75 Å². The van der Waals surface area contributed by atoms with Crippen LogP contribution >= 0.6 is 0 Å². The van der Waals surface area contributed by atoms with Gasteiger partial charge in [-0.05, 0) is 36.8 Å². The number of Topliss-reactive ketones (excluding diaryl/α,β-unsaturated/α-hetero) is 1. The molecule has 0 spiro atoms. The second-order valence-corrected chi connectivity index (χ2v) is 5.67. The normalized spacial score (nSPS) is 15.8. The van der Waals surface area contributed by atoms with Gasteiger partial charge in [-0.3, -0.25) is 4.79 Å². The molecule has 1 unspecified atom stereocenters. The summed E-state index contributed by atoms with van der Waals surface area (Å²) in [6.45, 7) is 5.34. The maximum Gasteiger partial charge on any atom is 0.170 e. The number of rotatable bonds is 5. The molecule has 1 aromatic rings. The SMILES string of the molecule is CC(C)CC(CN)C(=O)c1cccc2c1OCCC2. The fraction of sp³-hybridized carbons (Fsp3) is 0.562. The van der Waals surface area contributed by atoms with E-state index in [2.05, 4.69) is 13.8 Å². The number of ketones is 1. The summed E-state index contributed by atoms with van der Waals surface area (Å²) in [5, 5.41) is 0. The van der Waals surface area contributed by atoms with E-state index in [9.17, 15) is 4.79 Å². The van der Waals surface area contributed by atoms with Crippen LogP contribution in [0.3, 0.4) is 0 Å². The molecule has 0 aliphatic carbocycles. The molecule has 1 aromatic carbocycles. The number of nitrogens with two attached hydrogens (primary N) is 1. The van der Waals surface area contributed by atoms with Crippen LogP contribution in [0.5, 0.6) is 5.75 Å². The van der Waals surface area contributed by atoms with Crippen molar-refractivity contribution in [3.63, 3.8) is 0 Å². The minimum Gasteiger partial charge on any atom is -0.493 e. The molecule has 104 valence electrons. The maximum atomic E-state index is 12.6. The quantitative estimate of drug-likeness (QED) is 0.829. The zero-order valence-electron chi connectivity index (χ0n) is 11.8. The van der Waals surface area contributed by atoms with Crippen molar-refractivity contribution < 1.29 is 9.53 Å². The Labute approximate surface area is 115 Å². The Hall–Kier alpha value is -1.35. The third kappa shape index (κ3) is 3.16. The first-order valence-corrected chi connectivity index (χ1v) is 7.12. The first-order valence-electron chi connectivity index (χ1n) is 7.12. The number of fused-ring (bicyclic) bond motifs is 1. The fourth-order valence-corrected chi connectivity index (χ4v) is 2.68. The van der Waals surface area contributed by atoms with Gasteiger partial charge in [0.15, 0.2) is 5.78 Å². The van der Waals surface area contributed by atoms with Gasteiger partial charge in [-0.25, -0.2) is 0 Å². The number of carbonyl (C=O) groups excluding carboxylic acids is 1. The molecule has 3 nitrogen and oxygen atoms in total. The predicted molar refractivity (Wildman–Crippen MR) is 76.6 cm³/mol. The molecule has 0 radical (unpaired) electrons. The van der Waals surface area contributed by atoms with Crippen molar-refractivity contribution in [2.45, 2.75) is 33.1 Å². The van der Waals surface area contributed by atoms with E-state index in [-0.39, 0.29) is 11.7 Å². The summed E-state index contributed by atoms with van der Waals surface area (Å²) in [7, 11) is 0. The highest BCUT2D eigenvalue weighted by molar-refractivity contribution is 6.00. The highest BCUT2D eigenvalue weighted by atomic mass is 16.5. The lowest BCUT2D eigenvalue weighted by atomic mass is 9.88. The summed E-state index contributed by atoms with van der Waals surface area (Å²) in [5.41, 5.74) is 7.64. The lowest BCUT2D eigenvalue weighted by Gasteiger charge is -2.22. The summed E-state index contributed by atoms with van der Waals surface area (Å²) in [4.78, 5) is 12.6. The molecular weight excluding hydrogens is 238 g/mol. The third-order valence-electron chi connectivity index (χ3n) is 3.61. The van der Waals surface area contributed by atoms with Crippen molar-refractivity contribution in [3.05, 3.63) is 29.3 Å². The maximum absolute atomic E-state index is 12.6. The van der Waals surface area contributed by atoms with Crippen molar-refractivity contribution in [3.8, 4) is 5.75 Å². The zero-order valence-corrected chi connectivity index (χ0v) is 11.8. The molecule has 3 heteroatoms. The molecule has 19 heavy (non-hydrogen) atoms. The Morgan fingerprint density at radius 1 is 1.42 bits per heavy atom. The van der Waals surface area contributed by atoms with Gasteiger partial charge in [0.25, 0.3) is 0 Å². The van der Waals surface area contributed by atoms with E-state index < -0.39 is 0 Å². The van der Waals surface area contributed by atoms with E-state index in [0.717, 1.165) is 30.6 Å². The summed E-state index contributed by atoms with van der Waals surface area (Å²) >= 11 is 0. The largest absolute Gasteiger partial charge is 0.493 e. The Balaban J connectivity index is 2.27. The topological polar surface area (TPSA) is 52.3 Å². The molecule has 1 atom stereocenters. The Morgan fingerprint density at radius 2 is 2.21 bits per heavy atom. The van der Waals surface area contributed by atoms with Crippen molar-refractivity contribution in [1.29, 1.82) is 0 Å². The van der Waals surface area contributed by atoms with Crippen LogP contribution in [0.2, 0.25) is 0 Å². The van der Waals surface area contributed by atoms with Crippen molar-refractivity contribution in [2.24, 2.45) is 17.6 Å². The molecule has 1 aliphatic rings. The minimum absolute atomic E-state index is 0.1000. The molecule has 2 N–H and O–H groups in total. The van der Waals surface area contributed by atoms with Crippen LogP contribution in [-0.4, -0.2) is 18.9 Å². The van der Waals surface area contributed by atoms with Gasteiger partial charge in [-0.2, -0.15) is 0 Å². The van der Waals surface area contributed by atoms with E-state index in [1.54, 1.807) is 0 Å². The Morgan fingerprint density at radius 3 is 2.89 bits per heavy atom. The van der Waals surface area contributed by atoms with Gasteiger partial charge in [0.05, 0.1) is 12.2 Å². The van der Waals surface area contributed by atoms with Crippen LogP contribution in [0, 0.1) is 11.8 Å². The number of benzene rings is 1. The Kier molecular flexibility index (Phi) is 4.59. The summed E-state index contributed by atoms with van der Waals surface area (Å²) in [6.07, 6.45) is 2.85. The number of hydrogen-bond donors (Lipinski definition) is 1. The van der Waals surface area contributed by atoms with E-state index >= 15 is 0 Å². The van der Waals surface area contributed by atoms with Crippen molar-refractivity contribution >= 4 is 5.78 Å². The van der Waals surface area contributed by atoms with Crippen LogP contribution < -0.4 is 10.5 Å². The predicted octanol–water partition coefficient (Wildman–Crippen LogP) is 2.82. The first kappa shape index (κ1) is 14.1. The van der Waals surface area contributed by atoms with E-state index in [1.807, 2.05) is 18.2 Å². The molecule has 0 bridgehead atoms. The zero-order chi connectivity index (χ0) is 13.8. The second-order valence-electron chi connectivity index (χ2n) is 5.67. The fourth-order valence-electron chi connectivity index (χ4n) is 2.68. The standard InChI is InChI=1S/C16H23NO2/c1-11(2)9-13(10-17)15(18)14-7-3-5-12-6-4-8-19-16(12)14/h3,5,7,11,13H,4,6,8-10,17H2,1-2H3. The lowest BCUT2D eigenvalue weighted by molar-refractivity contribution is 0.0903. The monoisotopic (exact) mass is 261 g/mol. The molecule has 0 saturated heterocycles. The number of ether oxygens (including phenoxy) is 1. The highest BCUT2D eigenvalue weighted by Gasteiger charge is 2.25. The van der Waals surface area contributed by atoms with Crippen LogP contribution in [0.4, 0.5) is 0 Å². The number of aryl methyl sites for hydroxylation is 1. The molecule has 0 fully saturated rings. The van der Waals surface area contributed by atoms with Crippen LogP contribution in [0.15, 0.2) is 18.2 Å². The van der Waals surface area contributed by atoms with Gasteiger partial charge in [-0.15, -0.1) is 0 Å². The third-order valence-corrected chi connectivity index (χ3v) is 3.61. The second kappa shape index (κ2) is 6.20.